The van der Waals surface area contributed by atoms with Gasteiger partial charge in [-0.05, 0) is 19.8 Å². The van der Waals surface area contributed by atoms with Gasteiger partial charge in [-0.15, -0.1) is 0 Å². The van der Waals surface area contributed by atoms with E-state index in [0.29, 0.717) is 0 Å². The van der Waals surface area contributed by atoms with E-state index < -0.39 is 0 Å². The molecule has 8 heteroatoms. The minimum atomic E-state index is -0.0504. The Morgan fingerprint density at radius 2 is 2.12 bits per heavy atom. The number of aromatic nitrogens is 4. The molecule has 0 aliphatic carbocycles. The quantitative estimate of drug-likeness (QED) is 0.887. The zero-order valence-electron chi connectivity index (χ0n) is 16.0. The summed E-state index contributed by atoms with van der Waals surface area (Å²) in [6.45, 7) is 9.29. The van der Waals surface area contributed by atoms with Crippen LogP contribution < -0.4 is 5.32 Å². The summed E-state index contributed by atoms with van der Waals surface area (Å²) in [5.74, 6) is 0.733. The average Bonchev–Trinajstić information content (AvgIpc) is 3.07. The Morgan fingerprint density at radius 1 is 1.27 bits per heavy atom. The Bertz CT molecular complexity index is 736. The van der Waals surface area contributed by atoms with Crippen LogP contribution in [0.15, 0.2) is 18.5 Å². The lowest BCUT2D eigenvalue weighted by molar-refractivity contribution is 0.211. The van der Waals surface area contributed by atoms with Gasteiger partial charge in [0.25, 0.3) is 0 Å². The van der Waals surface area contributed by atoms with Crippen LogP contribution in [0.4, 0.5) is 10.6 Å². The van der Waals surface area contributed by atoms with Gasteiger partial charge in [0.15, 0.2) is 0 Å². The second-order valence-electron chi connectivity index (χ2n) is 6.95. The first-order valence-corrected chi connectivity index (χ1v) is 9.35. The van der Waals surface area contributed by atoms with Crippen LogP contribution in [0.5, 0.6) is 0 Å². The Kier molecular flexibility index (Phi) is 5.92. The van der Waals surface area contributed by atoms with Gasteiger partial charge in [0, 0.05) is 64.1 Å². The van der Waals surface area contributed by atoms with Crippen LogP contribution in [0.2, 0.25) is 0 Å². The molecule has 2 aromatic heterocycles. The van der Waals surface area contributed by atoms with Crippen LogP contribution in [0.25, 0.3) is 0 Å². The van der Waals surface area contributed by atoms with E-state index in [0.717, 1.165) is 63.6 Å². The molecule has 1 fully saturated rings. The van der Waals surface area contributed by atoms with E-state index in [-0.39, 0.29) is 6.03 Å². The van der Waals surface area contributed by atoms with E-state index in [1.54, 1.807) is 4.68 Å². The van der Waals surface area contributed by atoms with Crippen LogP contribution in [-0.2, 0) is 20.1 Å². The summed E-state index contributed by atoms with van der Waals surface area (Å²) >= 11 is 0. The van der Waals surface area contributed by atoms with Gasteiger partial charge in [0.1, 0.15) is 5.82 Å². The lowest BCUT2D eigenvalue weighted by Gasteiger charge is -2.22. The third kappa shape index (κ3) is 4.63. The smallest absolute Gasteiger partial charge is 0.323 e. The topological polar surface area (TPSA) is 71.2 Å². The summed E-state index contributed by atoms with van der Waals surface area (Å²) < 4.78 is 3.70. The van der Waals surface area contributed by atoms with Crippen LogP contribution in [0.3, 0.4) is 0 Å². The van der Waals surface area contributed by atoms with E-state index >= 15 is 0 Å². The maximum absolute atomic E-state index is 12.6. The Morgan fingerprint density at radius 3 is 2.85 bits per heavy atom. The van der Waals surface area contributed by atoms with Crippen molar-refractivity contribution < 1.29 is 4.79 Å². The maximum atomic E-state index is 12.6. The number of nitrogens with one attached hydrogen (secondary N) is 1. The normalized spacial score (nSPS) is 15.9. The molecule has 0 bridgehead atoms. The highest BCUT2D eigenvalue weighted by Crippen LogP contribution is 2.12. The molecule has 26 heavy (non-hydrogen) atoms. The summed E-state index contributed by atoms with van der Waals surface area (Å²) in [6.07, 6.45) is 6.14. The predicted molar refractivity (Wildman–Crippen MR) is 101 cm³/mol. The maximum Gasteiger partial charge on any atom is 0.323 e. The first-order valence-electron chi connectivity index (χ1n) is 9.35. The zero-order chi connectivity index (χ0) is 18.5. The van der Waals surface area contributed by atoms with Crippen molar-refractivity contribution in [3.05, 3.63) is 29.7 Å². The predicted octanol–water partition coefficient (Wildman–Crippen LogP) is 2.07. The Labute approximate surface area is 154 Å². The SMILES string of the molecule is CCCn1cc(CN2CCCN(C(=O)Nc3cc(C)nn3C)CC2)cn1. The van der Waals surface area contributed by atoms with E-state index in [4.69, 9.17) is 0 Å². The molecule has 1 aliphatic heterocycles. The van der Waals surface area contributed by atoms with Crippen LogP contribution >= 0.6 is 0 Å². The highest BCUT2D eigenvalue weighted by molar-refractivity contribution is 5.88. The first-order chi connectivity index (χ1) is 12.5. The van der Waals surface area contributed by atoms with Crippen LogP contribution in [-0.4, -0.2) is 61.6 Å². The first kappa shape index (κ1) is 18.4. The molecule has 0 saturated carbocycles. The van der Waals surface area contributed by atoms with Gasteiger partial charge in [-0.25, -0.2) is 4.79 Å². The number of rotatable bonds is 5. The highest BCUT2D eigenvalue weighted by atomic mass is 16.2. The lowest BCUT2D eigenvalue weighted by atomic mass is 10.3. The summed E-state index contributed by atoms with van der Waals surface area (Å²) in [6, 6.07) is 1.83. The number of carbonyl (C=O) groups excluding carboxylic acids is 1. The number of anilines is 1. The van der Waals surface area contributed by atoms with Crippen molar-refractivity contribution in [2.45, 2.75) is 39.8 Å². The summed E-state index contributed by atoms with van der Waals surface area (Å²) in [5.41, 5.74) is 2.13. The molecule has 142 valence electrons. The molecule has 0 atom stereocenters. The molecule has 2 aromatic rings. The van der Waals surface area contributed by atoms with Crippen molar-refractivity contribution in [2.24, 2.45) is 7.05 Å². The van der Waals surface area contributed by atoms with Crippen molar-refractivity contribution in [1.29, 1.82) is 0 Å². The molecule has 2 amide bonds. The number of hydrogen-bond acceptors (Lipinski definition) is 4. The zero-order valence-corrected chi connectivity index (χ0v) is 16.0. The highest BCUT2D eigenvalue weighted by Gasteiger charge is 2.20. The molecule has 3 rings (SSSR count). The molecule has 3 heterocycles. The average molecular weight is 359 g/mol. The fourth-order valence-corrected chi connectivity index (χ4v) is 3.35. The van der Waals surface area contributed by atoms with Gasteiger partial charge in [-0.1, -0.05) is 6.92 Å². The van der Waals surface area contributed by atoms with Gasteiger partial charge < -0.3 is 4.90 Å². The molecular weight excluding hydrogens is 330 g/mol. The standard InChI is InChI=1S/C18H29N7O/c1-4-6-25-14-16(12-19-25)13-23-7-5-8-24(10-9-23)18(26)20-17-11-15(2)21-22(17)3/h11-12,14H,4-10,13H2,1-3H3,(H,20,26). The molecule has 0 aromatic carbocycles. The fourth-order valence-electron chi connectivity index (χ4n) is 3.35. The monoisotopic (exact) mass is 359 g/mol. The van der Waals surface area contributed by atoms with Crippen molar-refractivity contribution in [2.75, 3.05) is 31.5 Å². The molecule has 1 saturated heterocycles. The lowest BCUT2D eigenvalue weighted by Crippen LogP contribution is -2.38. The van der Waals surface area contributed by atoms with Crippen molar-refractivity contribution in [1.82, 2.24) is 29.4 Å². The number of urea groups is 1. The number of hydrogen-bond donors (Lipinski definition) is 1. The third-order valence-corrected chi connectivity index (χ3v) is 4.66. The second kappa shape index (κ2) is 8.35. The van der Waals surface area contributed by atoms with E-state index in [1.165, 1.54) is 5.56 Å². The minimum absolute atomic E-state index is 0.0504. The van der Waals surface area contributed by atoms with Gasteiger partial charge in [-0.2, -0.15) is 10.2 Å². The molecular formula is C18H29N7O. The van der Waals surface area contributed by atoms with Crippen molar-refractivity contribution in [3.8, 4) is 0 Å². The van der Waals surface area contributed by atoms with Gasteiger partial charge in [-0.3, -0.25) is 19.6 Å². The Hall–Kier alpha value is -2.35. The molecule has 1 aliphatic rings. The van der Waals surface area contributed by atoms with E-state index in [9.17, 15) is 4.79 Å². The number of aryl methyl sites for hydroxylation is 3. The second-order valence-corrected chi connectivity index (χ2v) is 6.95. The summed E-state index contributed by atoms with van der Waals surface area (Å²) in [5, 5.41) is 11.6. The molecule has 0 unspecified atom stereocenters. The van der Waals surface area contributed by atoms with Gasteiger partial charge in [0.05, 0.1) is 11.9 Å². The fraction of sp³-hybridized carbons (Fsp3) is 0.611. The van der Waals surface area contributed by atoms with Crippen LogP contribution in [0, 0.1) is 6.92 Å². The van der Waals surface area contributed by atoms with Crippen LogP contribution in [0.1, 0.15) is 31.0 Å². The molecule has 0 spiro atoms. The van der Waals surface area contributed by atoms with Crippen molar-refractivity contribution in [3.63, 3.8) is 0 Å². The molecule has 0 radical (unpaired) electrons. The summed E-state index contributed by atoms with van der Waals surface area (Å²) in [4.78, 5) is 16.9. The van der Waals surface area contributed by atoms with E-state index in [2.05, 4.69) is 33.5 Å². The summed E-state index contributed by atoms with van der Waals surface area (Å²) in [7, 11) is 1.84. The third-order valence-electron chi connectivity index (χ3n) is 4.66. The van der Waals surface area contributed by atoms with Gasteiger partial charge >= 0.3 is 6.03 Å². The number of carbonyl (C=O) groups is 1. The Balaban J connectivity index is 1.52. The number of nitrogens with zero attached hydrogens (tertiary/aromatic N) is 6. The minimum Gasteiger partial charge on any atom is -0.323 e. The van der Waals surface area contributed by atoms with E-state index in [1.807, 2.05) is 35.8 Å². The van der Waals surface area contributed by atoms with Crippen molar-refractivity contribution >= 4 is 11.8 Å². The largest absolute Gasteiger partial charge is 0.323 e. The van der Waals surface area contributed by atoms with Gasteiger partial charge in [0.2, 0.25) is 0 Å². The molecule has 1 N–H and O–H groups in total. The number of amides is 2. The molecule has 8 nitrogen and oxygen atoms in total.